The second-order valence-corrected chi connectivity index (χ2v) is 8.77. The van der Waals surface area contributed by atoms with Crippen molar-refractivity contribution in [2.24, 2.45) is 0 Å². The molecule has 0 heterocycles. The third-order valence-electron chi connectivity index (χ3n) is 4.83. The van der Waals surface area contributed by atoms with Gasteiger partial charge in [-0.1, -0.05) is 55.7 Å². The van der Waals surface area contributed by atoms with Crippen molar-refractivity contribution < 1.29 is 13.2 Å². The molecule has 1 aliphatic rings. The molecule has 0 amide bonds. The van der Waals surface area contributed by atoms with Crippen LogP contribution < -0.4 is 4.72 Å². The molecule has 26 heavy (non-hydrogen) atoms. The molecule has 138 valence electrons. The number of carbonyl (C=O) groups excluding carboxylic acids is 1. The summed E-state index contributed by atoms with van der Waals surface area (Å²) in [5, 5.41) is 0. The molecule has 0 aliphatic heterocycles. The van der Waals surface area contributed by atoms with Gasteiger partial charge in [0.1, 0.15) is 5.78 Å². The van der Waals surface area contributed by atoms with Gasteiger partial charge in [0, 0.05) is 12.5 Å². The zero-order valence-electron chi connectivity index (χ0n) is 15.1. The van der Waals surface area contributed by atoms with Gasteiger partial charge in [-0.15, -0.1) is 0 Å². The molecule has 0 unspecified atom stereocenters. The second kappa shape index (κ2) is 8.14. The molecule has 0 atom stereocenters. The maximum Gasteiger partial charge on any atom is 0.240 e. The van der Waals surface area contributed by atoms with Crippen LogP contribution in [0.25, 0.3) is 11.1 Å². The van der Waals surface area contributed by atoms with Gasteiger partial charge in [-0.2, -0.15) is 0 Å². The molecule has 0 saturated heterocycles. The van der Waals surface area contributed by atoms with E-state index < -0.39 is 10.0 Å². The maximum atomic E-state index is 12.6. The average molecular weight is 372 g/mol. The zero-order chi connectivity index (χ0) is 18.6. The van der Waals surface area contributed by atoms with Crippen molar-refractivity contribution in [1.29, 1.82) is 0 Å². The van der Waals surface area contributed by atoms with Crippen LogP contribution in [0.2, 0.25) is 0 Å². The fourth-order valence-electron chi connectivity index (χ4n) is 3.44. The van der Waals surface area contributed by atoms with Crippen LogP contribution >= 0.6 is 0 Å². The predicted molar refractivity (Wildman–Crippen MR) is 103 cm³/mol. The number of sulfonamides is 1. The minimum Gasteiger partial charge on any atom is -0.300 e. The highest BCUT2D eigenvalue weighted by Gasteiger charge is 2.21. The second-order valence-electron chi connectivity index (χ2n) is 7.06. The van der Waals surface area contributed by atoms with E-state index in [0.717, 1.165) is 42.4 Å². The number of nitrogens with one attached hydrogen (secondary N) is 1. The fourth-order valence-corrected chi connectivity index (χ4v) is 4.74. The Morgan fingerprint density at radius 2 is 1.46 bits per heavy atom. The Labute approximate surface area is 155 Å². The monoisotopic (exact) mass is 371 g/mol. The number of benzene rings is 2. The molecule has 0 bridgehead atoms. The van der Waals surface area contributed by atoms with E-state index in [-0.39, 0.29) is 11.8 Å². The molecule has 0 radical (unpaired) electrons. The highest BCUT2D eigenvalue weighted by molar-refractivity contribution is 7.89. The van der Waals surface area contributed by atoms with Gasteiger partial charge in [0.25, 0.3) is 0 Å². The lowest BCUT2D eigenvalue weighted by atomic mass is 9.96. The van der Waals surface area contributed by atoms with Gasteiger partial charge in [-0.3, -0.25) is 4.79 Å². The summed E-state index contributed by atoms with van der Waals surface area (Å²) in [6.07, 6.45) is 5.65. The van der Waals surface area contributed by atoms with E-state index in [1.165, 1.54) is 6.42 Å². The first-order valence-electron chi connectivity index (χ1n) is 9.15. The summed E-state index contributed by atoms with van der Waals surface area (Å²) in [5.74, 6) is 0.137. The topological polar surface area (TPSA) is 63.2 Å². The first-order chi connectivity index (χ1) is 12.4. The van der Waals surface area contributed by atoms with E-state index in [9.17, 15) is 13.2 Å². The standard InChI is InChI=1S/C21H25NO3S/c1-16(23)15-17-7-9-18(10-8-17)19-11-13-21(14-12-19)26(24,25)22-20-5-3-2-4-6-20/h7-14,20,22H,2-6,15H2,1H3. The summed E-state index contributed by atoms with van der Waals surface area (Å²) in [6.45, 7) is 1.58. The highest BCUT2D eigenvalue weighted by Crippen LogP contribution is 2.24. The Morgan fingerprint density at radius 1 is 0.923 bits per heavy atom. The van der Waals surface area contributed by atoms with E-state index in [4.69, 9.17) is 0 Å². The number of rotatable bonds is 6. The largest absolute Gasteiger partial charge is 0.300 e. The van der Waals surface area contributed by atoms with Crippen LogP contribution in [0, 0.1) is 0 Å². The molecule has 1 N–H and O–H groups in total. The van der Waals surface area contributed by atoms with E-state index in [1.54, 1.807) is 19.1 Å². The lowest BCUT2D eigenvalue weighted by Crippen LogP contribution is -2.36. The van der Waals surface area contributed by atoms with E-state index in [1.807, 2.05) is 36.4 Å². The summed E-state index contributed by atoms with van der Waals surface area (Å²) in [6, 6.07) is 14.8. The molecule has 1 saturated carbocycles. The third-order valence-corrected chi connectivity index (χ3v) is 6.37. The van der Waals surface area contributed by atoms with Crippen molar-refractivity contribution in [2.75, 3.05) is 0 Å². The van der Waals surface area contributed by atoms with Gasteiger partial charge in [0.05, 0.1) is 4.90 Å². The van der Waals surface area contributed by atoms with Crippen molar-refractivity contribution >= 4 is 15.8 Å². The summed E-state index contributed by atoms with van der Waals surface area (Å²) >= 11 is 0. The minimum absolute atomic E-state index is 0.0576. The molecular formula is C21H25NO3S. The summed E-state index contributed by atoms with van der Waals surface area (Å²) in [7, 11) is -3.47. The molecule has 0 aromatic heterocycles. The molecule has 0 spiro atoms. The first-order valence-corrected chi connectivity index (χ1v) is 10.6. The van der Waals surface area contributed by atoms with Crippen molar-refractivity contribution in [1.82, 2.24) is 4.72 Å². The van der Waals surface area contributed by atoms with E-state index in [0.29, 0.717) is 11.3 Å². The number of hydrogen-bond donors (Lipinski definition) is 1. The Morgan fingerprint density at radius 3 is 2.00 bits per heavy atom. The van der Waals surface area contributed by atoms with Crippen LogP contribution in [-0.2, 0) is 21.2 Å². The number of hydrogen-bond acceptors (Lipinski definition) is 3. The molecular weight excluding hydrogens is 346 g/mol. The van der Waals surface area contributed by atoms with Gasteiger partial charge >= 0.3 is 0 Å². The van der Waals surface area contributed by atoms with Crippen molar-refractivity contribution in [3.8, 4) is 11.1 Å². The number of ketones is 1. The molecule has 5 heteroatoms. The van der Waals surface area contributed by atoms with Crippen LogP contribution in [0.3, 0.4) is 0 Å². The van der Waals surface area contributed by atoms with E-state index in [2.05, 4.69) is 4.72 Å². The quantitative estimate of drug-likeness (QED) is 0.832. The van der Waals surface area contributed by atoms with Gasteiger partial charge in [0.2, 0.25) is 10.0 Å². The van der Waals surface area contributed by atoms with Crippen molar-refractivity contribution in [2.45, 2.75) is 56.4 Å². The third kappa shape index (κ3) is 4.80. The van der Waals surface area contributed by atoms with Crippen LogP contribution in [0.4, 0.5) is 0 Å². The molecule has 1 fully saturated rings. The average Bonchev–Trinajstić information content (AvgIpc) is 2.62. The fraction of sp³-hybridized carbons (Fsp3) is 0.381. The Hall–Kier alpha value is -1.98. The number of carbonyl (C=O) groups is 1. The smallest absolute Gasteiger partial charge is 0.240 e. The molecule has 3 rings (SSSR count). The lowest BCUT2D eigenvalue weighted by Gasteiger charge is -2.22. The Balaban J connectivity index is 1.72. The minimum atomic E-state index is -3.47. The molecule has 4 nitrogen and oxygen atoms in total. The Bertz CT molecular complexity index is 849. The summed E-state index contributed by atoms with van der Waals surface area (Å²) in [4.78, 5) is 11.5. The SMILES string of the molecule is CC(=O)Cc1ccc(-c2ccc(S(=O)(=O)NC3CCCCC3)cc2)cc1. The van der Waals surface area contributed by atoms with Gasteiger partial charge in [-0.25, -0.2) is 13.1 Å². The van der Waals surface area contributed by atoms with Gasteiger partial charge in [0.15, 0.2) is 0 Å². The van der Waals surface area contributed by atoms with E-state index >= 15 is 0 Å². The van der Waals surface area contributed by atoms with Gasteiger partial charge < -0.3 is 0 Å². The lowest BCUT2D eigenvalue weighted by molar-refractivity contribution is -0.116. The number of Topliss-reactive ketones (excluding diaryl/α,β-unsaturated/α-hetero) is 1. The maximum absolute atomic E-state index is 12.6. The molecule has 2 aromatic carbocycles. The van der Waals surface area contributed by atoms with Crippen LogP contribution in [0.15, 0.2) is 53.4 Å². The highest BCUT2D eigenvalue weighted by atomic mass is 32.2. The van der Waals surface area contributed by atoms with Crippen LogP contribution in [-0.4, -0.2) is 20.2 Å². The summed E-state index contributed by atoms with van der Waals surface area (Å²) in [5.41, 5.74) is 2.94. The van der Waals surface area contributed by atoms with Crippen molar-refractivity contribution in [3.05, 3.63) is 54.1 Å². The first kappa shape index (κ1) is 18.8. The van der Waals surface area contributed by atoms with Crippen LogP contribution in [0.1, 0.15) is 44.6 Å². The Kier molecular flexibility index (Phi) is 5.89. The van der Waals surface area contributed by atoms with Gasteiger partial charge in [-0.05, 0) is 48.6 Å². The van der Waals surface area contributed by atoms with Crippen LogP contribution in [0.5, 0.6) is 0 Å². The normalized spacial score (nSPS) is 15.7. The predicted octanol–water partition coefficient (Wildman–Crippen LogP) is 4.10. The zero-order valence-corrected chi connectivity index (χ0v) is 15.9. The summed E-state index contributed by atoms with van der Waals surface area (Å²) < 4.78 is 27.9. The molecule has 2 aromatic rings. The van der Waals surface area contributed by atoms with Crippen molar-refractivity contribution in [3.63, 3.8) is 0 Å². The molecule has 1 aliphatic carbocycles.